The summed E-state index contributed by atoms with van der Waals surface area (Å²) in [5.41, 5.74) is 8.80. The summed E-state index contributed by atoms with van der Waals surface area (Å²) in [7, 11) is 1.65. The maximum atomic E-state index is 12.6. The third-order valence-corrected chi connectivity index (χ3v) is 6.49. The zero-order valence-corrected chi connectivity index (χ0v) is 21.6. The molecule has 2 heterocycles. The monoisotopic (exact) mass is 529 g/mol. The fraction of sp³-hybridized carbons (Fsp3) is 0.214. The number of aliphatic imine (C=N–C) groups is 1. The van der Waals surface area contributed by atoms with Crippen molar-refractivity contribution in [1.29, 1.82) is 0 Å². The molecule has 1 aromatic heterocycles. The van der Waals surface area contributed by atoms with Crippen molar-refractivity contribution in [2.24, 2.45) is 10.7 Å². The Morgan fingerprint density at radius 3 is 2.59 bits per heavy atom. The lowest BCUT2D eigenvalue weighted by Crippen LogP contribution is -2.49. The Kier molecular flexibility index (Phi) is 6.54. The number of H-pyrrole nitrogens is 1. The summed E-state index contributed by atoms with van der Waals surface area (Å²) in [6, 6.07) is 16.9. The van der Waals surface area contributed by atoms with Gasteiger partial charge in [0.25, 0.3) is 5.69 Å². The smallest absolute Gasteiger partial charge is 0.271 e. The van der Waals surface area contributed by atoms with Crippen LogP contribution in [-0.4, -0.2) is 45.8 Å². The van der Waals surface area contributed by atoms with E-state index in [9.17, 15) is 20.0 Å². The van der Waals surface area contributed by atoms with Gasteiger partial charge in [0, 0.05) is 47.8 Å². The molecular weight excluding hydrogens is 502 g/mol. The highest BCUT2D eigenvalue weighted by molar-refractivity contribution is 6.22. The van der Waals surface area contributed by atoms with E-state index in [2.05, 4.69) is 4.98 Å². The van der Waals surface area contributed by atoms with Gasteiger partial charge < -0.3 is 25.6 Å². The van der Waals surface area contributed by atoms with Crippen LogP contribution in [0.15, 0.2) is 65.7 Å². The largest absolute Gasteiger partial charge is 0.494 e. The van der Waals surface area contributed by atoms with Crippen LogP contribution in [0.1, 0.15) is 30.5 Å². The van der Waals surface area contributed by atoms with E-state index < -0.39 is 10.5 Å². The van der Waals surface area contributed by atoms with Crippen molar-refractivity contribution in [2.45, 2.75) is 25.8 Å². The Morgan fingerprint density at radius 2 is 1.90 bits per heavy atom. The number of carbonyl (C=O) groups excluding carboxylic acids is 1. The summed E-state index contributed by atoms with van der Waals surface area (Å²) in [6.07, 6.45) is 0.692. The van der Waals surface area contributed by atoms with Crippen LogP contribution in [0, 0.1) is 10.1 Å². The van der Waals surface area contributed by atoms with Crippen LogP contribution >= 0.6 is 0 Å². The number of fused-ring (bicyclic) bond motifs is 2. The molecule has 0 aliphatic carbocycles. The third-order valence-electron chi connectivity index (χ3n) is 6.49. The lowest BCUT2D eigenvalue weighted by atomic mass is 9.98. The number of benzene rings is 3. The van der Waals surface area contributed by atoms with Crippen molar-refractivity contribution in [3.8, 4) is 11.6 Å². The molecule has 0 fully saturated rings. The van der Waals surface area contributed by atoms with E-state index in [-0.39, 0.29) is 17.5 Å². The van der Waals surface area contributed by atoms with E-state index in [1.165, 1.54) is 17.0 Å². The molecule has 0 radical (unpaired) electrons. The molecule has 11 heteroatoms. The fourth-order valence-corrected chi connectivity index (χ4v) is 4.46. The molecule has 0 bridgehead atoms. The molecule has 4 N–H and O–H groups in total. The Hall–Kier alpha value is -4.74. The zero-order chi connectivity index (χ0) is 27.9. The van der Waals surface area contributed by atoms with Gasteiger partial charge in [-0.2, -0.15) is 4.89 Å². The quantitative estimate of drug-likeness (QED) is 0.143. The minimum absolute atomic E-state index is 0.108. The van der Waals surface area contributed by atoms with Crippen LogP contribution < -0.4 is 15.5 Å². The van der Waals surface area contributed by atoms with Crippen LogP contribution in [0.5, 0.6) is 11.6 Å². The number of amides is 1. The second-order valence-electron chi connectivity index (χ2n) is 9.88. The minimum atomic E-state index is -1.03. The molecule has 3 aromatic carbocycles. The first-order valence-electron chi connectivity index (χ1n) is 12.2. The second-order valence-corrected chi connectivity index (χ2v) is 9.88. The highest BCUT2D eigenvalue weighted by Gasteiger charge is 2.27. The normalized spacial score (nSPS) is 13.6. The first-order chi connectivity index (χ1) is 18.5. The number of nitrogens with two attached hydrogens (primary N) is 1. The Labute approximate surface area is 223 Å². The van der Waals surface area contributed by atoms with Crippen LogP contribution in [0.3, 0.4) is 0 Å². The summed E-state index contributed by atoms with van der Waals surface area (Å²) < 4.78 is 0. The van der Waals surface area contributed by atoms with E-state index in [4.69, 9.17) is 20.5 Å². The van der Waals surface area contributed by atoms with E-state index >= 15 is 0 Å². The standard InChI is InChI=1S/C28H27N5O6/c1-28(2,29)27(35)32(3)19-8-6-18(7-9-19)30-25(17-5-4-16-12-13-38-39-23(16)14-17)24-21-11-10-20(33(36)37)15-22(21)31-26(24)34/h4-11,14-15,31,34H,12-13,29H2,1-3H3. The van der Waals surface area contributed by atoms with E-state index in [1.54, 1.807) is 57.3 Å². The molecule has 1 aliphatic heterocycles. The molecule has 4 aromatic rings. The summed E-state index contributed by atoms with van der Waals surface area (Å²) in [4.78, 5) is 43.1. The molecule has 0 spiro atoms. The molecule has 0 atom stereocenters. The maximum absolute atomic E-state index is 12.6. The Bertz CT molecular complexity index is 1620. The highest BCUT2D eigenvalue weighted by atomic mass is 17.2. The predicted molar refractivity (Wildman–Crippen MR) is 147 cm³/mol. The number of non-ortho nitro benzene ring substituents is 1. The van der Waals surface area contributed by atoms with Gasteiger partial charge in [-0.05, 0) is 50.2 Å². The molecule has 39 heavy (non-hydrogen) atoms. The fourth-order valence-electron chi connectivity index (χ4n) is 4.46. The molecule has 11 nitrogen and oxygen atoms in total. The van der Waals surface area contributed by atoms with Gasteiger partial charge in [0.05, 0.1) is 39.5 Å². The van der Waals surface area contributed by atoms with Crippen LogP contribution in [0.2, 0.25) is 0 Å². The molecule has 0 saturated carbocycles. The first kappa shape index (κ1) is 25.9. The molecule has 1 aliphatic rings. The Morgan fingerprint density at radius 1 is 1.15 bits per heavy atom. The lowest BCUT2D eigenvalue weighted by molar-refractivity contribution is -0.384. The topological polar surface area (TPSA) is 156 Å². The van der Waals surface area contributed by atoms with Crippen LogP contribution in [-0.2, 0) is 16.1 Å². The van der Waals surface area contributed by atoms with Crippen LogP contribution in [0.25, 0.3) is 10.9 Å². The number of hydrogen-bond acceptors (Lipinski definition) is 8. The molecule has 1 amide bonds. The van der Waals surface area contributed by atoms with Gasteiger partial charge in [-0.25, -0.2) is 4.99 Å². The second kappa shape index (κ2) is 9.86. The number of aromatic hydroxyl groups is 1. The number of aromatic nitrogens is 1. The summed E-state index contributed by atoms with van der Waals surface area (Å²) >= 11 is 0. The van der Waals surface area contributed by atoms with Gasteiger partial charge in [-0.3, -0.25) is 14.9 Å². The van der Waals surface area contributed by atoms with Gasteiger partial charge in [0.2, 0.25) is 5.91 Å². The number of nitro groups is 1. The average Bonchev–Trinajstić information content (AvgIpc) is 3.25. The summed E-state index contributed by atoms with van der Waals surface area (Å²) in [6.45, 7) is 3.73. The third kappa shape index (κ3) is 5.05. The SMILES string of the molecule is CN(C(=O)C(C)(C)N)c1ccc(N=C(c2ccc3c(c2)OOCC3)c2c(O)[nH]c3cc([N+](=O)[O-])ccc23)cc1. The predicted octanol–water partition coefficient (Wildman–Crippen LogP) is 4.52. The van der Waals surface area contributed by atoms with Crippen LogP contribution in [0.4, 0.5) is 17.1 Å². The summed E-state index contributed by atoms with van der Waals surface area (Å²) in [5.74, 6) is 0.112. The maximum Gasteiger partial charge on any atom is 0.271 e. The minimum Gasteiger partial charge on any atom is -0.494 e. The molecular formula is C28H27N5O6. The number of hydrogen-bond donors (Lipinski definition) is 3. The van der Waals surface area contributed by atoms with Crippen molar-refractivity contribution < 1.29 is 24.6 Å². The van der Waals surface area contributed by atoms with Crippen molar-refractivity contribution in [2.75, 3.05) is 18.6 Å². The van der Waals surface area contributed by atoms with Gasteiger partial charge in [-0.1, -0.05) is 12.1 Å². The number of aromatic amines is 1. The van der Waals surface area contributed by atoms with Gasteiger partial charge >= 0.3 is 0 Å². The highest BCUT2D eigenvalue weighted by Crippen LogP contribution is 2.35. The molecule has 5 rings (SSSR count). The number of nitrogens with one attached hydrogen (secondary N) is 1. The number of nitro benzene ring substituents is 1. The van der Waals surface area contributed by atoms with E-state index in [0.717, 1.165) is 5.56 Å². The number of anilines is 1. The van der Waals surface area contributed by atoms with E-state index in [0.29, 0.717) is 57.9 Å². The van der Waals surface area contributed by atoms with Crippen molar-refractivity contribution in [3.05, 3.63) is 87.5 Å². The number of carbonyl (C=O) groups is 1. The van der Waals surface area contributed by atoms with Gasteiger partial charge in [0.15, 0.2) is 11.6 Å². The van der Waals surface area contributed by atoms with Crippen molar-refractivity contribution in [3.63, 3.8) is 0 Å². The number of rotatable bonds is 6. The molecule has 0 saturated heterocycles. The molecule has 200 valence electrons. The summed E-state index contributed by atoms with van der Waals surface area (Å²) in [5, 5.41) is 22.8. The van der Waals surface area contributed by atoms with Crippen molar-refractivity contribution in [1.82, 2.24) is 4.98 Å². The Balaban J connectivity index is 1.63. The van der Waals surface area contributed by atoms with Gasteiger partial charge in [-0.15, -0.1) is 0 Å². The molecule has 0 unspecified atom stereocenters. The zero-order valence-electron chi connectivity index (χ0n) is 21.6. The van der Waals surface area contributed by atoms with Crippen molar-refractivity contribution >= 4 is 39.6 Å². The van der Waals surface area contributed by atoms with Gasteiger partial charge in [0.1, 0.15) is 0 Å². The first-order valence-corrected chi connectivity index (χ1v) is 12.2. The average molecular weight is 530 g/mol. The van der Waals surface area contributed by atoms with E-state index in [1.807, 2.05) is 12.1 Å². The lowest BCUT2D eigenvalue weighted by Gasteiger charge is -2.26. The number of likely N-dealkylation sites (N-methyl/N-ethyl adjacent to an activating group) is 1. The number of nitrogens with zero attached hydrogens (tertiary/aromatic N) is 3.